The Bertz CT molecular complexity index is 570. The molecule has 0 amide bonds. The lowest BCUT2D eigenvalue weighted by Crippen LogP contribution is -2.38. The number of aromatic nitrogens is 2. The summed E-state index contributed by atoms with van der Waals surface area (Å²) < 4.78 is 24.8. The first-order chi connectivity index (χ1) is 10.0. The quantitative estimate of drug-likeness (QED) is 0.832. The standard InChI is InChI=1S/C14H22N4O2S/c1-21(19,20)18-10-5-13(11-18)12-3-8-17(9-4-12)14-15-6-2-7-16-14/h2,6-7,12-13H,3-5,8-11H2,1H3. The van der Waals surface area contributed by atoms with Crippen LogP contribution in [0.5, 0.6) is 0 Å². The average molecular weight is 310 g/mol. The molecule has 3 rings (SSSR count). The number of rotatable bonds is 3. The molecule has 6 nitrogen and oxygen atoms in total. The average Bonchev–Trinajstić information content (AvgIpc) is 2.98. The Labute approximate surface area is 126 Å². The van der Waals surface area contributed by atoms with Crippen LogP contribution in [0.2, 0.25) is 0 Å². The summed E-state index contributed by atoms with van der Waals surface area (Å²) in [5, 5.41) is 0. The van der Waals surface area contributed by atoms with E-state index in [4.69, 9.17) is 0 Å². The van der Waals surface area contributed by atoms with Gasteiger partial charge >= 0.3 is 0 Å². The molecule has 0 bridgehead atoms. The first-order valence-electron chi connectivity index (χ1n) is 7.51. The van der Waals surface area contributed by atoms with Gasteiger partial charge in [0.15, 0.2) is 0 Å². The third kappa shape index (κ3) is 3.35. The van der Waals surface area contributed by atoms with Crippen LogP contribution in [0.3, 0.4) is 0 Å². The van der Waals surface area contributed by atoms with E-state index in [1.54, 1.807) is 16.7 Å². The molecular weight excluding hydrogens is 288 g/mol. The fourth-order valence-electron chi connectivity index (χ4n) is 3.47. The molecule has 0 spiro atoms. The summed E-state index contributed by atoms with van der Waals surface area (Å²) >= 11 is 0. The molecule has 3 heterocycles. The smallest absolute Gasteiger partial charge is 0.225 e. The summed E-state index contributed by atoms with van der Waals surface area (Å²) in [5.41, 5.74) is 0. The molecule has 2 saturated heterocycles. The monoisotopic (exact) mass is 310 g/mol. The predicted octanol–water partition coefficient (Wildman–Crippen LogP) is 0.974. The molecule has 0 aliphatic carbocycles. The zero-order valence-corrected chi connectivity index (χ0v) is 13.2. The van der Waals surface area contributed by atoms with Gasteiger partial charge in [0.1, 0.15) is 0 Å². The lowest BCUT2D eigenvalue weighted by atomic mass is 9.84. The minimum Gasteiger partial charge on any atom is -0.341 e. The highest BCUT2D eigenvalue weighted by Gasteiger charge is 2.35. The molecule has 116 valence electrons. The molecule has 1 atom stereocenters. The maximum absolute atomic E-state index is 11.6. The van der Waals surface area contributed by atoms with Gasteiger partial charge in [-0.2, -0.15) is 0 Å². The van der Waals surface area contributed by atoms with E-state index in [0.717, 1.165) is 38.3 Å². The van der Waals surface area contributed by atoms with Crippen molar-refractivity contribution in [1.29, 1.82) is 0 Å². The van der Waals surface area contributed by atoms with E-state index < -0.39 is 10.0 Å². The number of nitrogens with zero attached hydrogens (tertiary/aromatic N) is 4. The molecule has 1 aromatic heterocycles. The van der Waals surface area contributed by atoms with Crippen LogP contribution in [-0.4, -0.2) is 55.1 Å². The fourth-order valence-corrected chi connectivity index (χ4v) is 4.36. The van der Waals surface area contributed by atoms with Gasteiger partial charge in [0.05, 0.1) is 6.26 Å². The number of hydrogen-bond acceptors (Lipinski definition) is 5. The molecule has 7 heteroatoms. The zero-order valence-electron chi connectivity index (χ0n) is 12.4. The summed E-state index contributed by atoms with van der Waals surface area (Å²) in [6, 6.07) is 1.83. The Kier molecular flexibility index (Phi) is 4.12. The van der Waals surface area contributed by atoms with Crippen molar-refractivity contribution < 1.29 is 8.42 Å². The third-order valence-electron chi connectivity index (χ3n) is 4.70. The molecule has 21 heavy (non-hydrogen) atoms. The van der Waals surface area contributed by atoms with Gasteiger partial charge in [0.25, 0.3) is 0 Å². The molecule has 2 fully saturated rings. The summed E-state index contributed by atoms with van der Waals surface area (Å²) in [7, 11) is -3.02. The second-order valence-corrected chi connectivity index (χ2v) is 8.03. The van der Waals surface area contributed by atoms with Crippen molar-refractivity contribution in [2.45, 2.75) is 19.3 Å². The molecule has 1 aromatic rings. The van der Waals surface area contributed by atoms with Crippen LogP contribution >= 0.6 is 0 Å². The van der Waals surface area contributed by atoms with Crippen LogP contribution in [0.1, 0.15) is 19.3 Å². The number of anilines is 1. The molecule has 2 aliphatic heterocycles. The fraction of sp³-hybridized carbons (Fsp3) is 0.714. The van der Waals surface area contributed by atoms with Gasteiger partial charge in [0.2, 0.25) is 16.0 Å². The molecule has 0 saturated carbocycles. The van der Waals surface area contributed by atoms with E-state index in [2.05, 4.69) is 14.9 Å². The third-order valence-corrected chi connectivity index (χ3v) is 5.97. The van der Waals surface area contributed by atoms with Gasteiger partial charge in [-0.1, -0.05) is 0 Å². The molecular formula is C14H22N4O2S. The van der Waals surface area contributed by atoms with Crippen LogP contribution < -0.4 is 4.90 Å². The SMILES string of the molecule is CS(=O)(=O)N1CCC(C2CCN(c3ncccn3)CC2)C1. The van der Waals surface area contributed by atoms with Crippen molar-refractivity contribution >= 4 is 16.0 Å². The van der Waals surface area contributed by atoms with Gasteiger partial charge in [-0.25, -0.2) is 22.7 Å². The summed E-state index contributed by atoms with van der Waals surface area (Å²) in [5.74, 6) is 1.94. The van der Waals surface area contributed by atoms with Crippen molar-refractivity contribution in [3.05, 3.63) is 18.5 Å². The highest BCUT2D eigenvalue weighted by molar-refractivity contribution is 7.88. The van der Waals surface area contributed by atoms with Crippen LogP contribution in [0.4, 0.5) is 5.95 Å². The zero-order chi connectivity index (χ0) is 14.9. The van der Waals surface area contributed by atoms with Gasteiger partial charge in [-0.05, 0) is 37.2 Å². The lowest BCUT2D eigenvalue weighted by molar-refractivity contribution is 0.282. The van der Waals surface area contributed by atoms with Crippen molar-refractivity contribution in [1.82, 2.24) is 14.3 Å². The van der Waals surface area contributed by atoms with Crippen LogP contribution in [0, 0.1) is 11.8 Å². The molecule has 0 N–H and O–H groups in total. The van der Waals surface area contributed by atoms with Crippen molar-refractivity contribution in [3.8, 4) is 0 Å². The molecule has 2 aliphatic rings. The van der Waals surface area contributed by atoms with Gasteiger partial charge in [0, 0.05) is 38.6 Å². The number of hydrogen-bond donors (Lipinski definition) is 0. The van der Waals surface area contributed by atoms with Gasteiger partial charge in [-0.15, -0.1) is 0 Å². The topological polar surface area (TPSA) is 66.4 Å². The largest absolute Gasteiger partial charge is 0.341 e. The molecule has 0 radical (unpaired) electrons. The van der Waals surface area contributed by atoms with Crippen LogP contribution in [0.15, 0.2) is 18.5 Å². The van der Waals surface area contributed by atoms with Crippen LogP contribution in [-0.2, 0) is 10.0 Å². The number of sulfonamides is 1. The van der Waals surface area contributed by atoms with E-state index >= 15 is 0 Å². The second-order valence-electron chi connectivity index (χ2n) is 6.04. The normalized spacial score (nSPS) is 25.4. The minimum atomic E-state index is -3.02. The predicted molar refractivity (Wildman–Crippen MR) is 81.5 cm³/mol. The molecule has 1 unspecified atom stereocenters. The maximum Gasteiger partial charge on any atom is 0.225 e. The lowest BCUT2D eigenvalue weighted by Gasteiger charge is -2.34. The minimum absolute atomic E-state index is 0.513. The maximum atomic E-state index is 11.6. The number of piperidine rings is 1. The highest BCUT2D eigenvalue weighted by atomic mass is 32.2. The second kappa shape index (κ2) is 5.88. The van der Waals surface area contributed by atoms with E-state index in [1.165, 1.54) is 6.26 Å². The van der Waals surface area contributed by atoms with E-state index in [1.807, 2.05) is 6.07 Å². The summed E-state index contributed by atoms with van der Waals surface area (Å²) in [6.45, 7) is 3.31. The summed E-state index contributed by atoms with van der Waals surface area (Å²) in [6.07, 6.45) is 8.05. The van der Waals surface area contributed by atoms with Crippen molar-refractivity contribution in [3.63, 3.8) is 0 Å². The Morgan fingerprint density at radius 2 is 1.67 bits per heavy atom. The molecule has 0 aromatic carbocycles. The van der Waals surface area contributed by atoms with Gasteiger partial charge in [-0.3, -0.25) is 0 Å². The highest BCUT2D eigenvalue weighted by Crippen LogP contribution is 2.33. The first-order valence-corrected chi connectivity index (χ1v) is 9.36. The Hall–Kier alpha value is -1.21. The summed E-state index contributed by atoms with van der Waals surface area (Å²) in [4.78, 5) is 10.8. The van der Waals surface area contributed by atoms with Crippen molar-refractivity contribution in [2.75, 3.05) is 37.3 Å². The first kappa shape index (κ1) is 14.7. The van der Waals surface area contributed by atoms with Gasteiger partial charge < -0.3 is 4.90 Å². The van der Waals surface area contributed by atoms with Crippen LogP contribution in [0.25, 0.3) is 0 Å². The van der Waals surface area contributed by atoms with E-state index in [-0.39, 0.29) is 0 Å². The van der Waals surface area contributed by atoms with E-state index in [0.29, 0.717) is 24.9 Å². The van der Waals surface area contributed by atoms with E-state index in [9.17, 15) is 8.42 Å². The Morgan fingerprint density at radius 3 is 2.24 bits per heavy atom. The Morgan fingerprint density at radius 1 is 1.05 bits per heavy atom. The van der Waals surface area contributed by atoms with Crippen molar-refractivity contribution in [2.24, 2.45) is 11.8 Å². The Balaban J connectivity index is 1.55.